The molecule has 4 N–H and O–H groups in total. The number of alkyl carbamates (subject to hydrolysis) is 1. The maximum atomic E-state index is 14.0. The average molecular weight is 739 g/mol. The van der Waals surface area contributed by atoms with Gasteiger partial charge in [0.05, 0.1) is 13.7 Å². The fraction of sp³-hybridized carbons (Fsp3) is 0.500. The summed E-state index contributed by atoms with van der Waals surface area (Å²) in [6.45, 7) is 15.2. The number of rotatable bonds is 16. The molecule has 0 bridgehead atoms. The first-order chi connectivity index (χ1) is 24.3. The number of aromatic amines is 1. The van der Waals surface area contributed by atoms with Gasteiger partial charge in [0, 0.05) is 29.9 Å². The van der Waals surface area contributed by atoms with E-state index in [9.17, 15) is 24.0 Å². The van der Waals surface area contributed by atoms with Crippen molar-refractivity contribution >= 4 is 49.1 Å². The molecule has 284 valence electrons. The fourth-order valence-electron chi connectivity index (χ4n) is 4.92. The van der Waals surface area contributed by atoms with E-state index in [0.29, 0.717) is 0 Å². The van der Waals surface area contributed by atoms with Gasteiger partial charge in [0.1, 0.15) is 30.3 Å². The van der Waals surface area contributed by atoms with Crippen molar-refractivity contribution < 1.29 is 42.6 Å². The van der Waals surface area contributed by atoms with E-state index >= 15 is 0 Å². The normalized spacial score (nSPS) is 13.7. The Morgan fingerprint density at radius 1 is 0.808 bits per heavy atom. The molecule has 3 amide bonds. The Morgan fingerprint density at radius 3 is 2.06 bits per heavy atom. The van der Waals surface area contributed by atoms with Gasteiger partial charge in [-0.05, 0) is 62.5 Å². The number of nitrogens with one attached hydrogen (secondary N) is 4. The number of fused-ring (bicyclic) bond motifs is 1. The van der Waals surface area contributed by atoms with Crippen LogP contribution < -0.4 is 16.0 Å². The average Bonchev–Trinajstić information content (AvgIpc) is 3.48. The molecule has 52 heavy (non-hydrogen) atoms. The number of carbonyl (C=O) groups excluding carboxylic acids is 5. The second-order valence-corrected chi connectivity index (χ2v) is 20.0. The summed E-state index contributed by atoms with van der Waals surface area (Å²) < 4.78 is 22.0. The van der Waals surface area contributed by atoms with E-state index in [0.717, 1.165) is 22.0 Å². The Morgan fingerprint density at radius 2 is 1.42 bits per heavy atom. The van der Waals surface area contributed by atoms with Gasteiger partial charge in [-0.2, -0.15) is 0 Å². The zero-order valence-corrected chi connectivity index (χ0v) is 32.7. The van der Waals surface area contributed by atoms with Gasteiger partial charge in [0.2, 0.25) is 11.8 Å². The molecule has 0 spiro atoms. The molecule has 3 atom stereocenters. The highest BCUT2D eigenvalue weighted by Crippen LogP contribution is 2.36. The first-order valence-corrected chi connectivity index (χ1v) is 20.3. The van der Waals surface area contributed by atoms with Crippen molar-refractivity contribution in [3.05, 3.63) is 71.9 Å². The monoisotopic (exact) mass is 738 g/mol. The van der Waals surface area contributed by atoms with Crippen LogP contribution in [0.1, 0.15) is 65.5 Å². The van der Waals surface area contributed by atoms with E-state index in [-0.39, 0.29) is 37.5 Å². The number of esters is 2. The molecular weight excluding hydrogens is 685 g/mol. The summed E-state index contributed by atoms with van der Waals surface area (Å²) in [5.41, 5.74) is 1.53. The van der Waals surface area contributed by atoms with Gasteiger partial charge >= 0.3 is 18.0 Å². The van der Waals surface area contributed by atoms with E-state index in [1.165, 1.54) is 7.11 Å². The molecular formula is C38H54N4O9Si. The minimum atomic E-state index is -2.33. The topological polar surface area (TPSA) is 174 Å². The van der Waals surface area contributed by atoms with Crippen LogP contribution in [-0.2, 0) is 50.8 Å². The highest BCUT2D eigenvalue weighted by atomic mass is 28.4. The zero-order chi connectivity index (χ0) is 38.7. The van der Waals surface area contributed by atoms with E-state index in [4.69, 9.17) is 18.6 Å². The van der Waals surface area contributed by atoms with Crippen LogP contribution in [0.4, 0.5) is 4.79 Å². The molecule has 1 aromatic heterocycles. The second-order valence-electron chi connectivity index (χ2n) is 15.2. The highest BCUT2D eigenvalue weighted by molar-refractivity contribution is 6.74. The number of methoxy groups -OCH3 is 1. The summed E-state index contributed by atoms with van der Waals surface area (Å²) in [6, 6.07) is 12.8. The van der Waals surface area contributed by atoms with Crippen LogP contribution >= 0.6 is 0 Å². The Bertz CT molecular complexity index is 1680. The van der Waals surface area contributed by atoms with Gasteiger partial charge in [-0.25, -0.2) is 9.59 Å². The van der Waals surface area contributed by atoms with Crippen LogP contribution in [0.25, 0.3) is 10.9 Å². The number of hydrogen-bond donors (Lipinski definition) is 4. The Kier molecular flexibility index (Phi) is 14.6. The van der Waals surface area contributed by atoms with Crippen molar-refractivity contribution in [1.29, 1.82) is 0 Å². The number of para-hydroxylation sites is 1. The molecule has 0 aliphatic rings. The Balaban J connectivity index is 1.88. The first kappa shape index (κ1) is 41.7. The van der Waals surface area contributed by atoms with E-state index < -0.39 is 61.9 Å². The second kappa shape index (κ2) is 18.2. The summed E-state index contributed by atoms with van der Waals surface area (Å²) in [6.07, 6.45) is 0.528. The van der Waals surface area contributed by atoms with E-state index in [1.807, 2.05) is 43.4 Å². The summed E-state index contributed by atoms with van der Waals surface area (Å²) in [4.78, 5) is 69.6. The summed E-state index contributed by atoms with van der Waals surface area (Å²) >= 11 is 0. The van der Waals surface area contributed by atoms with Gasteiger partial charge < -0.3 is 39.6 Å². The smallest absolute Gasteiger partial charge is 0.408 e. The van der Waals surface area contributed by atoms with Crippen LogP contribution in [0.3, 0.4) is 0 Å². The molecule has 1 heterocycles. The minimum Gasteiger partial charge on any atom is -0.467 e. The van der Waals surface area contributed by atoms with Crippen molar-refractivity contribution in [3.63, 3.8) is 0 Å². The van der Waals surface area contributed by atoms with Crippen LogP contribution in [0.5, 0.6) is 0 Å². The maximum absolute atomic E-state index is 14.0. The number of carbonyl (C=O) groups is 5. The maximum Gasteiger partial charge on any atom is 0.408 e. The van der Waals surface area contributed by atoms with Crippen molar-refractivity contribution in [3.8, 4) is 0 Å². The van der Waals surface area contributed by atoms with Crippen molar-refractivity contribution in [1.82, 2.24) is 20.9 Å². The molecule has 0 radical (unpaired) electrons. The summed E-state index contributed by atoms with van der Waals surface area (Å²) in [5.74, 6) is -2.69. The van der Waals surface area contributed by atoms with Crippen LogP contribution in [0.15, 0.2) is 60.8 Å². The summed E-state index contributed by atoms with van der Waals surface area (Å²) in [7, 11) is -1.11. The lowest BCUT2D eigenvalue weighted by Gasteiger charge is -2.37. The minimum absolute atomic E-state index is 0.0236. The number of hydrogen-bond acceptors (Lipinski definition) is 9. The van der Waals surface area contributed by atoms with Gasteiger partial charge in [-0.3, -0.25) is 14.4 Å². The lowest BCUT2D eigenvalue weighted by atomic mass is 10.0. The van der Waals surface area contributed by atoms with Crippen LogP contribution in [0, 0.1) is 0 Å². The number of amides is 3. The molecule has 0 unspecified atom stereocenters. The molecule has 13 nitrogen and oxygen atoms in total. The third-order valence-electron chi connectivity index (χ3n) is 8.83. The Labute approximate surface area is 307 Å². The SMILES string of the molecule is COC(=O)[C@H](CO[Si](C)(C)C(C)(C)C)NC(=O)[C@H](Cc1c[nH]c2ccccc12)NC(=O)[C@@H](CCC(=O)OC(C)(C)C)NC(=O)OCc1ccccc1. The van der Waals surface area contributed by atoms with Crippen molar-refractivity contribution in [2.75, 3.05) is 13.7 Å². The number of ether oxygens (including phenoxy) is 3. The molecule has 0 saturated carbocycles. The largest absolute Gasteiger partial charge is 0.467 e. The van der Waals surface area contributed by atoms with Crippen LogP contribution in [0.2, 0.25) is 18.1 Å². The molecule has 0 fully saturated rings. The van der Waals surface area contributed by atoms with Crippen molar-refractivity contribution in [2.24, 2.45) is 0 Å². The molecule has 14 heteroatoms. The highest BCUT2D eigenvalue weighted by Gasteiger charge is 2.39. The molecule has 3 aromatic rings. The first-order valence-electron chi connectivity index (χ1n) is 17.4. The third kappa shape index (κ3) is 12.8. The van der Waals surface area contributed by atoms with Crippen LogP contribution in [-0.4, -0.2) is 80.6 Å². The Hall–Kier alpha value is -4.69. The zero-order valence-electron chi connectivity index (χ0n) is 31.7. The van der Waals surface area contributed by atoms with Gasteiger partial charge in [-0.15, -0.1) is 0 Å². The molecule has 3 rings (SSSR count). The van der Waals surface area contributed by atoms with Crippen molar-refractivity contribution in [2.45, 2.75) is 109 Å². The molecule has 0 saturated heterocycles. The molecule has 0 aliphatic heterocycles. The van der Waals surface area contributed by atoms with E-state index in [2.05, 4.69) is 41.7 Å². The van der Waals surface area contributed by atoms with Gasteiger partial charge in [-0.1, -0.05) is 69.3 Å². The van der Waals surface area contributed by atoms with Gasteiger partial charge in [0.15, 0.2) is 8.32 Å². The standard InChI is InChI=1S/C38H54N4O9Si/c1-37(2,3)51-32(43)20-19-29(42-36(47)49-23-25-15-11-10-12-16-25)33(44)40-30(21-26-22-39-28-18-14-13-17-27(26)28)34(45)41-31(35(46)48-7)24-50-52(8,9)38(4,5)6/h10-18,22,29-31,39H,19-21,23-24H2,1-9H3,(H,40,44)(H,41,45)(H,42,47)/t29-,30+,31+/m1/s1. The number of benzene rings is 2. The molecule has 0 aliphatic carbocycles. The fourth-order valence-corrected chi connectivity index (χ4v) is 5.94. The van der Waals surface area contributed by atoms with E-state index in [1.54, 1.807) is 51.2 Å². The summed E-state index contributed by atoms with van der Waals surface area (Å²) in [5, 5.41) is 8.71. The lowest BCUT2D eigenvalue weighted by Crippen LogP contribution is -2.57. The predicted octanol–water partition coefficient (Wildman–Crippen LogP) is 5.29. The number of H-pyrrole nitrogens is 1. The third-order valence-corrected chi connectivity index (χ3v) is 13.3. The predicted molar refractivity (Wildman–Crippen MR) is 200 cm³/mol. The van der Waals surface area contributed by atoms with Gasteiger partial charge in [0.25, 0.3) is 0 Å². The number of aromatic nitrogens is 1. The quantitative estimate of drug-likeness (QED) is 0.0865. The lowest BCUT2D eigenvalue weighted by molar-refractivity contribution is -0.155. The molecule has 2 aromatic carbocycles.